The summed E-state index contributed by atoms with van der Waals surface area (Å²) >= 11 is 3.05. The van der Waals surface area contributed by atoms with Gasteiger partial charge in [0.2, 0.25) is 5.91 Å². The molecule has 1 amide bonds. The number of aryl methyl sites for hydroxylation is 1. The van der Waals surface area contributed by atoms with Gasteiger partial charge in [0.15, 0.2) is 0 Å². The van der Waals surface area contributed by atoms with Gasteiger partial charge in [-0.25, -0.2) is 14.8 Å². The van der Waals surface area contributed by atoms with Crippen LogP contribution < -0.4 is 5.32 Å². The van der Waals surface area contributed by atoms with Crippen LogP contribution in [-0.4, -0.2) is 32.7 Å². The Balaban J connectivity index is 1.77. The Hall–Kier alpha value is -1.93. The smallest absolute Gasteiger partial charge is 0.337 e. The zero-order valence-corrected chi connectivity index (χ0v) is 12.8. The van der Waals surface area contributed by atoms with Gasteiger partial charge in [0.25, 0.3) is 0 Å². The third kappa shape index (κ3) is 4.83. The molecule has 6 nitrogen and oxygen atoms in total. The molecule has 0 atom stereocenters. The molecule has 0 unspecified atom stereocenters. The summed E-state index contributed by atoms with van der Waals surface area (Å²) in [5, 5.41) is 14.4. The van der Waals surface area contributed by atoms with E-state index in [1.807, 2.05) is 12.3 Å². The number of nitrogens with one attached hydrogen (secondary N) is 1. The fourth-order valence-corrected chi connectivity index (χ4v) is 2.93. The van der Waals surface area contributed by atoms with E-state index in [0.717, 1.165) is 10.7 Å². The maximum Gasteiger partial charge on any atom is 0.337 e. The Bertz CT molecular complexity index is 640. The molecule has 2 N–H and O–H groups in total. The number of carbonyl (C=O) groups excluding carboxylic acids is 1. The minimum Gasteiger partial charge on any atom is -0.478 e. The van der Waals surface area contributed by atoms with Gasteiger partial charge >= 0.3 is 5.97 Å². The average Bonchev–Trinajstić information content (AvgIpc) is 2.85. The molecule has 0 aliphatic rings. The molecule has 0 bridgehead atoms. The van der Waals surface area contributed by atoms with E-state index in [1.165, 1.54) is 30.1 Å². The van der Waals surface area contributed by atoms with Crippen molar-refractivity contribution in [3.8, 4) is 0 Å². The summed E-state index contributed by atoms with van der Waals surface area (Å²) in [6.07, 6.45) is 1.21. The second kappa shape index (κ2) is 7.19. The van der Waals surface area contributed by atoms with E-state index >= 15 is 0 Å². The number of carboxylic acids is 1. The number of carbonyl (C=O) groups is 2. The fraction of sp³-hybridized carbons (Fsp3) is 0.231. The maximum absolute atomic E-state index is 11.7. The molecule has 0 aromatic carbocycles. The van der Waals surface area contributed by atoms with Gasteiger partial charge < -0.3 is 10.4 Å². The van der Waals surface area contributed by atoms with Gasteiger partial charge in [-0.1, -0.05) is 0 Å². The van der Waals surface area contributed by atoms with Gasteiger partial charge in [0.1, 0.15) is 5.82 Å². The van der Waals surface area contributed by atoms with E-state index in [4.69, 9.17) is 5.11 Å². The predicted octanol–water partition coefficient (Wildman–Crippen LogP) is 2.42. The molecule has 0 spiro atoms. The standard InChI is InChI=1S/C13H13N3O3S2/c1-8-15-10(6-21-8)5-20-7-12(17)16-11-3-2-9(4-14-11)13(18)19/h2-4,6H,5,7H2,1H3,(H,18,19)(H,14,16,17). The first kappa shape index (κ1) is 15.5. The van der Waals surface area contributed by atoms with Crippen LogP contribution in [0.2, 0.25) is 0 Å². The van der Waals surface area contributed by atoms with Crippen molar-refractivity contribution >= 4 is 40.8 Å². The Kier molecular flexibility index (Phi) is 5.29. The summed E-state index contributed by atoms with van der Waals surface area (Å²) in [6.45, 7) is 1.94. The topological polar surface area (TPSA) is 92.2 Å². The number of rotatable bonds is 6. The lowest BCUT2D eigenvalue weighted by Gasteiger charge is -2.04. The highest BCUT2D eigenvalue weighted by Crippen LogP contribution is 2.15. The van der Waals surface area contributed by atoms with Crippen molar-refractivity contribution in [3.05, 3.63) is 40.0 Å². The summed E-state index contributed by atoms with van der Waals surface area (Å²) in [6, 6.07) is 2.87. The van der Waals surface area contributed by atoms with Crippen LogP contribution in [0.15, 0.2) is 23.7 Å². The Morgan fingerprint density at radius 1 is 1.43 bits per heavy atom. The third-order valence-electron chi connectivity index (χ3n) is 2.43. The number of amides is 1. The van der Waals surface area contributed by atoms with Crippen LogP contribution in [0.5, 0.6) is 0 Å². The van der Waals surface area contributed by atoms with Gasteiger partial charge in [-0.05, 0) is 19.1 Å². The Labute approximate surface area is 129 Å². The van der Waals surface area contributed by atoms with E-state index in [0.29, 0.717) is 17.3 Å². The summed E-state index contributed by atoms with van der Waals surface area (Å²) in [7, 11) is 0. The number of aromatic nitrogens is 2. The predicted molar refractivity (Wildman–Crippen MR) is 82.8 cm³/mol. The van der Waals surface area contributed by atoms with Gasteiger partial charge in [-0.2, -0.15) is 0 Å². The first-order valence-corrected chi connectivity index (χ1v) is 8.06. The zero-order chi connectivity index (χ0) is 15.2. The first-order chi connectivity index (χ1) is 10.0. The lowest BCUT2D eigenvalue weighted by Crippen LogP contribution is -2.15. The lowest BCUT2D eigenvalue weighted by molar-refractivity contribution is -0.113. The molecular formula is C13H13N3O3S2. The summed E-state index contributed by atoms with van der Waals surface area (Å²) in [5.74, 6) is 0.0920. The van der Waals surface area contributed by atoms with Crippen LogP contribution in [0.25, 0.3) is 0 Å². The van der Waals surface area contributed by atoms with Gasteiger partial charge in [-0.3, -0.25) is 4.79 Å². The normalized spacial score (nSPS) is 10.3. The number of aromatic carboxylic acids is 1. The Morgan fingerprint density at radius 3 is 2.81 bits per heavy atom. The number of nitrogens with zero attached hydrogens (tertiary/aromatic N) is 2. The number of carboxylic acid groups (broad SMARTS) is 1. The monoisotopic (exact) mass is 323 g/mol. The van der Waals surface area contributed by atoms with Crippen LogP contribution in [0.1, 0.15) is 21.1 Å². The van der Waals surface area contributed by atoms with Crippen LogP contribution in [0.4, 0.5) is 5.82 Å². The number of thiazole rings is 1. The van der Waals surface area contributed by atoms with Crippen molar-refractivity contribution in [2.45, 2.75) is 12.7 Å². The molecule has 110 valence electrons. The molecule has 2 rings (SSSR count). The zero-order valence-electron chi connectivity index (χ0n) is 11.2. The number of anilines is 1. The number of thioether (sulfide) groups is 1. The molecule has 2 heterocycles. The van der Waals surface area contributed by atoms with Gasteiger partial charge in [-0.15, -0.1) is 23.1 Å². The highest BCUT2D eigenvalue weighted by Gasteiger charge is 2.07. The van der Waals surface area contributed by atoms with Gasteiger partial charge in [0.05, 0.1) is 22.0 Å². The summed E-state index contributed by atoms with van der Waals surface area (Å²) in [5.41, 5.74) is 1.06. The van der Waals surface area contributed by atoms with Crippen LogP contribution >= 0.6 is 23.1 Å². The van der Waals surface area contributed by atoms with Crippen molar-refractivity contribution < 1.29 is 14.7 Å². The highest BCUT2D eigenvalue weighted by molar-refractivity contribution is 7.99. The third-order valence-corrected chi connectivity index (χ3v) is 4.22. The number of hydrogen-bond donors (Lipinski definition) is 2. The SMILES string of the molecule is Cc1nc(CSCC(=O)Nc2ccc(C(=O)O)cn2)cs1. The molecular weight excluding hydrogens is 310 g/mol. The molecule has 0 aliphatic heterocycles. The van der Waals surface area contributed by atoms with E-state index in [2.05, 4.69) is 15.3 Å². The van der Waals surface area contributed by atoms with Crippen LogP contribution in [0, 0.1) is 6.92 Å². The van der Waals surface area contributed by atoms with E-state index in [1.54, 1.807) is 11.3 Å². The molecule has 0 radical (unpaired) electrons. The van der Waals surface area contributed by atoms with E-state index in [9.17, 15) is 9.59 Å². The van der Waals surface area contributed by atoms with Crippen molar-refractivity contribution in [1.82, 2.24) is 9.97 Å². The van der Waals surface area contributed by atoms with Crippen molar-refractivity contribution in [2.24, 2.45) is 0 Å². The maximum atomic E-state index is 11.7. The largest absolute Gasteiger partial charge is 0.478 e. The van der Waals surface area contributed by atoms with Crippen molar-refractivity contribution in [2.75, 3.05) is 11.1 Å². The minimum absolute atomic E-state index is 0.0845. The molecule has 0 aliphatic carbocycles. The van der Waals surface area contributed by atoms with Crippen molar-refractivity contribution in [1.29, 1.82) is 0 Å². The second-order valence-electron chi connectivity index (χ2n) is 4.14. The average molecular weight is 323 g/mol. The number of hydrogen-bond acceptors (Lipinski definition) is 6. The molecule has 2 aromatic rings. The van der Waals surface area contributed by atoms with E-state index in [-0.39, 0.29) is 11.5 Å². The van der Waals surface area contributed by atoms with Gasteiger partial charge in [0, 0.05) is 17.3 Å². The van der Waals surface area contributed by atoms with Crippen LogP contribution in [-0.2, 0) is 10.5 Å². The highest BCUT2D eigenvalue weighted by atomic mass is 32.2. The fourth-order valence-electron chi connectivity index (χ4n) is 1.50. The molecule has 2 aromatic heterocycles. The molecule has 0 fully saturated rings. The second-order valence-corrected chi connectivity index (χ2v) is 6.18. The van der Waals surface area contributed by atoms with Crippen LogP contribution in [0.3, 0.4) is 0 Å². The summed E-state index contributed by atoms with van der Waals surface area (Å²) < 4.78 is 0. The molecule has 0 saturated heterocycles. The minimum atomic E-state index is -1.05. The van der Waals surface area contributed by atoms with Crippen molar-refractivity contribution in [3.63, 3.8) is 0 Å². The van der Waals surface area contributed by atoms with E-state index < -0.39 is 5.97 Å². The quantitative estimate of drug-likeness (QED) is 0.848. The molecule has 21 heavy (non-hydrogen) atoms. The lowest BCUT2D eigenvalue weighted by atomic mass is 10.3. The summed E-state index contributed by atoms with van der Waals surface area (Å²) in [4.78, 5) is 30.6. The number of pyridine rings is 1. The molecule has 8 heteroatoms. The molecule has 0 saturated carbocycles. The first-order valence-electron chi connectivity index (χ1n) is 6.02. The Morgan fingerprint density at radius 2 is 2.24 bits per heavy atom.